The van der Waals surface area contributed by atoms with Crippen LogP contribution in [0.4, 0.5) is 34.2 Å². The number of anilines is 3. The van der Waals surface area contributed by atoms with Crippen LogP contribution in [-0.2, 0) is 12.7 Å². The molecule has 2 fully saturated rings. The number of piperazine rings is 1. The van der Waals surface area contributed by atoms with Crippen LogP contribution in [0, 0.1) is 5.82 Å². The average molecular weight is 555 g/mol. The molecule has 0 amide bonds. The first-order valence-corrected chi connectivity index (χ1v) is 13.4. The lowest BCUT2D eigenvalue weighted by atomic mass is 10.1. The molecule has 3 aromatic rings. The van der Waals surface area contributed by atoms with E-state index < -0.39 is 17.6 Å². The van der Waals surface area contributed by atoms with Crippen LogP contribution in [0.3, 0.4) is 0 Å². The Morgan fingerprint density at radius 1 is 1.19 bits per heavy atom. The van der Waals surface area contributed by atoms with Crippen LogP contribution in [0.5, 0.6) is 0 Å². The minimum Gasteiger partial charge on any atom is -0.366 e. The van der Waals surface area contributed by atoms with E-state index in [4.69, 9.17) is 11.6 Å². The second-order valence-electron chi connectivity index (χ2n) is 9.30. The molecule has 6 nitrogen and oxygen atoms in total. The Balaban J connectivity index is 1.50. The number of halogens is 5. The number of hydrogen-bond donors (Lipinski definition) is 2. The summed E-state index contributed by atoms with van der Waals surface area (Å²) < 4.78 is 56.1. The van der Waals surface area contributed by atoms with Gasteiger partial charge in [-0.1, -0.05) is 29.0 Å². The fourth-order valence-corrected chi connectivity index (χ4v) is 6.05. The zero-order valence-corrected chi connectivity index (χ0v) is 21.8. The van der Waals surface area contributed by atoms with Gasteiger partial charge in [0.15, 0.2) is 16.8 Å². The summed E-state index contributed by atoms with van der Waals surface area (Å²) in [5, 5.41) is 6.23. The van der Waals surface area contributed by atoms with E-state index in [-0.39, 0.29) is 10.8 Å². The van der Waals surface area contributed by atoms with E-state index in [2.05, 4.69) is 32.4 Å². The molecule has 12 heteroatoms. The molecule has 2 saturated heterocycles. The molecule has 0 bridgehead atoms. The maximum absolute atomic E-state index is 15.4. The van der Waals surface area contributed by atoms with E-state index in [1.54, 1.807) is 12.3 Å². The highest BCUT2D eigenvalue weighted by Gasteiger charge is 2.34. The van der Waals surface area contributed by atoms with Crippen molar-refractivity contribution >= 4 is 39.6 Å². The van der Waals surface area contributed by atoms with Crippen molar-refractivity contribution in [2.75, 3.05) is 42.9 Å². The number of rotatable bonds is 6. The SMILES string of the molecule is C[C@@H]1CCCN1Cc1sc(Nc2nccc(N3CCNCC3)c2F)nc1-c1ccc(Cl)c(C(F)(F)F)c1. The number of hydrogen-bond acceptors (Lipinski definition) is 7. The standard InChI is InChI=1S/C25H27ClF4N6S/c1-15-3-2-10-36(15)14-20-22(16-4-5-18(26)17(13-16)25(28,29)30)33-24(37-20)34-23-21(27)19(6-7-32-23)35-11-8-31-9-12-35/h4-7,13,15,31H,2-3,8-12,14H2,1H3,(H,32,33,34)/t15-/m1/s1. The summed E-state index contributed by atoms with van der Waals surface area (Å²) in [5.41, 5.74) is 0.277. The maximum atomic E-state index is 15.4. The van der Waals surface area contributed by atoms with Crippen molar-refractivity contribution in [1.82, 2.24) is 20.2 Å². The summed E-state index contributed by atoms with van der Waals surface area (Å²) in [6.07, 6.45) is -0.927. The van der Waals surface area contributed by atoms with Gasteiger partial charge in [-0.05, 0) is 44.5 Å². The molecule has 2 aromatic heterocycles. The molecular formula is C25H27ClF4N6S. The Kier molecular flexibility index (Phi) is 7.58. The zero-order chi connectivity index (χ0) is 26.2. The van der Waals surface area contributed by atoms with Gasteiger partial charge in [0, 0.05) is 55.4 Å². The topological polar surface area (TPSA) is 56.3 Å². The van der Waals surface area contributed by atoms with Crippen LogP contribution in [0.25, 0.3) is 11.3 Å². The van der Waals surface area contributed by atoms with Gasteiger partial charge < -0.3 is 15.5 Å². The number of thiazole rings is 1. The first kappa shape index (κ1) is 26.1. The number of benzene rings is 1. The third-order valence-corrected chi connectivity index (χ3v) is 8.12. The van der Waals surface area contributed by atoms with E-state index in [1.165, 1.54) is 23.5 Å². The minimum absolute atomic E-state index is 0.0320. The van der Waals surface area contributed by atoms with E-state index in [1.807, 2.05) is 4.90 Å². The molecule has 198 valence electrons. The Labute approximate surface area is 221 Å². The summed E-state index contributed by atoms with van der Waals surface area (Å²) in [6, 6.07) is 5.81. The lowest BCUT2D eigenvalue weighted by Crippen LogP contribution is -2.43. The number of aromatic nitrogens is 2. The molecule has 1 aromatic carbocycles. The number of likely N-dealkylation sites (tertiary alicyclic amines) is 1. The molecule has 0 radical (unpaired) electrons. The van der Waals surface area contributed by atoms with Gasteiger partial charge in [-0.15, -0.1) is 0 Å². The Hall–Kier alpha value is -2.47. The highest BCUT2D eigenvalue weighted by Crippen LogP contribution is 2.40. The molecule has 0 aliphatic carbocycles. The third-order valence-electron chi connectivity index (χ3n) is 6.83. The quantitative estimate of drug-likeness (QED) is 0.356. The van der Waals surface area contributed by atoms with Crippen molar-refractivity contribution in [1.29, 1.82) is 0 Å². The molecule has 0 saturated carbocycles. The van der Waals surface area contributed by atoms with Crippen LogP contribution < -0.4 is 15.5 Å². The molecule has 2 N–H and O–H groups in total. The largest absolute Gasteiger partial charge is 0.417 e. The number of nitrogens with one attached hydrogen (secondary N) is 2. The summed E-state index contributed by atoms with van der Waals surface area (Å²) in [5.74, 6) is -0.453. The molecule has 4 heterocycles. The molecule has 2 aliphatic rings. The van der Waals surface area contributed by atoms with Gasteiger partial charge in [0.05, 0.1) is 22.0 Å². The Morgan fingerprint density at radius 3 is 2.68 bits per heavy atom. The van der Waals surface area contributed by atoms with E-state index >= 15 is 4.39 Å². The minimum atomic E-state index is -4.59. The normalized spacial score (nSPS) is 19.0. The van der Waals surface area contributed by atoms with Crippen molar-refractivity contribution < 1.29 is 17.6 Å². The lowest BCUT2D eigenvalue weighted by Gasteiger charge is -2.29. The van der Waals surface area contributed by atoms with Gasteiger partial charge in [0.25, 0.3) is 0 Å². The van der Waals surface area contributed by atoms with Crippen LogP contribution >= 0.6 is 22.9 Å². The lowest BCUT2D eigenvalue weighted by molar-refractivity contribution is -0.137. The molecule has 5 rings (SSSR count). The van der Waals surface area contributed by atoms with Gasteiger partial charge >= 0.3 is 6.18 Å². The predicted octanol–water partition coefficient (Wildman–Crippen LogP) is 6.15. The Bertz CT molecular complexity index is 1260. The summed E-state index contributed by atoms with van der Waals surface area (Å²) >= 11 is 7.15. The summed E-state index contributed by atoms with van der Waals surface area (Å²) in [4.78, 5) is 13.8. The number of nitrogens with zero attached hydrogens (tertiary/aromatic N) is 4. The third kappa shape index (κ3) is 5.69. The molecule has 0 spiro atoms. The van der Waals surface area contributed by atoms with Crippen molar-refractivity contribution in [3.63, 3.8) is 0 Å². The van der Waals surface area contributed by atoms with Gasteiger partial charge in [0.1, 0.15) is 0 Å². The smallest absolute Gasteiger partial charge is 0.366 e. The maximum Gasteiger partial charge on any atom is 0.417 e. The van der Waals surface area contributed by atoms with E-state index in [0.717, 1.165) is 43.4 Å². The van der Waals surface area contributed by atoms with E-state index in [0.29, 0.717) is 47.8 Å². The Morgan fingerprint density at radius 2 is 1.97 bits per heavy atom. The predicted molar refractivity (Wildman–Crippen MR) is 139 cm³/mol. The van der Waals surface area contributed by atoms with Crippen LogP contribution in [-0.4, -0.2) is 53.6 Å². The number of pyridine rings is 1. The molecule has 2 aliphatic heterocycles. The first-order chi connectivity index (χ1) is 17.7. The van der Waals surface area contributed by atoms with Gasteiger partial charge in [0.2, 0.25) is 0 Å². The van der Waals surface area contributed by atoms with Crippen molar-refractivity contribution in [2.45, 2.75) is 38.5 Å². The molecule has 0 unspecified atom stereocenters. The fraction of sp³-hybridized carbons (Fsp3) is 0.440. The molecule has 37 heavy (non-hydrogen) atoms. The van der Waals surface area contributed by atoms with E-state index in [9.17, 15) is 13.2 Å². The van der Waals surface area contributed by atoms with Crippen LogP contribution in [0.2, 0.25) is 5.02 Å². The average Bonchev–Trinajstić information content (AvgIpc) is 3.46. The highest BCUT2D eigenvalue weighted by atomic mass is 35.5. The second kappa shape index (κ2) is 10.7. The molecule has 1 atom stereocenters. The fourth-order valence-electron chi connectivity index (χ4n) is 4.81. The van der Waals surface area contributed by atoms with Crippen LogP contribution in [0.15, 0.2) is 30.5 Å². The summed E-state index contributed by atoms with van der Waals surface area (Å²) in [6.45, 7) is 6.46. The zero-order valence-electron chi connectivity index (χ0n) is 20.2. The van der Waals surface area contributed by atoms with Gasteiger partial charge in [-0.2, -0.15) is 13.2 Å². The van der Waals surface area contributed by atoms with Crippen LogP contribution in [0.1, 0.15) is 30.2 Å². The first-order valence-electron chi connectivity index (χ1n) is 12.2. The van der Waals surface area contributed by atoms with Crippen molar-refractivity contribution in [2.24, 2.45) is 0 Å². The van der Waals surface area contributed by atoms with Gasteiger partial charge in [-0.3, -0.25) is 4.90 Å². The van der Waals surface area contributed by atoms with Crippen molar-refractivity contribution in [3.05, 3.63) is 51.7 Å². The van der Waals surface area contributed by atoms with Gasteiger partial charge in [-0.25, -0.2) is 14.4 Å². The monoisotopic (exact) mass is 554 g/mol. The highest BCUT2D eigenvalue weighted by molar-refractivity contribution is 7.16. The number of alkyl halides is 3. The second-order valence-corrected chi connectivity index (χ2v) is 10.8. The summed E-state index contributed by atoms with van der Waals surface area (Å²) in [7, 11) is 0. The van der Waals surface area contributed by atoms with Crippen molar-refractivity contribution in [3.8, 4) is 11.3 Å². The molecular weight excluding hydrogens is 528 g/mol.